The topological polar surface area (TPSA) is 0 Å². The second-order valence-corrected chi connectivity index (χ2v) is 3.37. The Hall–Kier alpha value is -0.520. The van der Waals surface area contributed by atoms with E-state index in [-0.39, 0.29) is 0 Å². The highest BCUT2D eigenvalue weighted by Gasteiger charge is 2.17. The van der Waals surface area contributed by atoms with Gasteiger partial charge in [0, 0.05) is 0 Å². The SMILES string of the molecule is CCC1=CC(CC)C(C)=C1C. The third-order valence-electron chi connectivity index (χ3n) is 2.85. The Balaban J connectivity index is 2.87. The quantitative estimate of drug-likeness (QED) is 0.563. The molecule has 1 aliphatic carbocycles. The summed E-state index contributed by atoms with van der Waals surface area (Å²) in [4.78, 5) is 0. The van der Waals surface area contributed by atoms with Crippen LogP contribution >= 0.6 is 0 Å². The summed E-state index contributed by atoms with van der Waals surface area (Å²) < 4.78 is 0. The number of hydrogen-bond acceptors (Lipinski definition) is 0. The van der Waals surface area contributed by atoms with Crippen LogP contribution in [-0.4, -0.2) is 0 Å². The van der Waals surface area contributed by atoms with E-state index in [2.05, 4.69) is 33.8 Å². The minimum atomic E-state index is 0.741. The monoisotopic (exact) mass is 150 g/mol. The van der Waals surface area contributed by atoms with Gasteiger partial charge in [-0.05, 0) is 43.8 Å². The largest absolute Gasteiger partial charge is 0.0739 e. The predicted molar refractivity (Wildman–Crippen MR) is 50.5 cm³/mol. The Morgan fingerprint density at radius 1 is 1.27 bits per heavy atom. The molecular weight excluding hydrogens is 132 g/mol. The van der Waals surface area contributed by atoms with Crippen LogP contribution in [0.3, 0.4) is 0 Å². The van der Waals surface area contributed by atoms with Crippen molar-refractivity contribution in [2.24, 2.45) is 5.92 Å². The maximum absolute atomic E-state index is 2.44. The Morgan fingerprint density at radius 2 is 1.91 bits per heavy atom. The van der Waals surface area contributed by atoms with E-state index in [0.29, 0.717) is 0 Å². The zero-order valence-corrected chi connectivity index (χ0v) is 8.07. The molecule has 0 aromatic rings. The first kappa shape index (κ1) is 8.58. The Bertz CT molecular complexity index is 206. The molecule has 0 fully saturated rings. The fourth-order valence-corrected chi connectivity index (χ4v) is 1.83. The van der Waals surface area contributed by atoms with E-state index < -0.39 is 0 Å². The van der Waals surface area contributed by atoms with E-state index in [4.69, 9.17) is 0 Å². The fourth-order valence-electron chi connectivity index (χ4n) is 1.83. The van der Waals surface area contributed by atoms with E-state index in [0.717, 1.165) is 5.92 Å². The minimum absolute atomic E-state index is 0.741. The second kappa shape index (κ2) is 3.25. The average molecular weight is 150 g/mol. The average Bonchev–Trinajstić information content (AvgIpc) is 2.30. The van der Waals surface area contributed by atoms with Crippen molar-refractivity contribution < 1.29 is 0 Å². The van der Waals surface area contributed by atoms with Crippen molar-refractivity contribution in [1.29, 1.82) is 0 Å². The molecule has 0 amide bonds. The lowest BCUT2D eigenvalue weighted by Crippen LogP contribution is -1.91. The Kier molecular flexibility index (Phi) is 2.53. The molecule has 11 heavy (non-hydrogen) atoms. The van der Waals surface area contributed by atoms with Crippen LogP contribution in [0.25, 0.3) is 0 Å². The van der Waals surface area contributed by atoms with Crippen LogP contribution < -0.4 is 0 Å². The van der Waals surface area contributed by atoms with Gasteiger partial charge in [-0.15, -0.1) is 0 Å². The summed E-state index contributed by atoms with van der Waals surface area (Å²) >= 11 is 0. The highest BCUT2D eigenvalue weighted by atomic mass is 14.2. The number of rotatable bonds is 2. The van der Waals surface area contributed by atoms with Gasteiger partial charge in [-0.3, -0.25) is 0 Å². The molecule has 0 bridgehead atoms. The molecule has 0 saturated carbocycles. The standard InChI is InChI=1S/C11H18/c1-5-10-7-11(6-2)9(4)8(10)3/h7,10H,5-6H2,1-4H3. The summed E-state index contributed by atoms with van der Waals surface area (Å²) in [5.74, 6) is 0.741. The molecule has 0 spiro atoms. The van der Waals surface area contributed by atoms with Crippen LogP contribution in [0.5, 0.6) is 0 Å². The molecule has 0 N–H and O–H groups in total. The molecule has 0 heteroatoms. The normalized spacial score (nSPS) is 24.4. The summed E-state index contributed by atoms with van der Waals surface area (Å²) in [5.41, 5.74) is 4.69. The molecule has 1 atom stereocenters. The van der Waals surface area contributed by atoms with Gasteiger partial charge in [0.1, 0.15) is 0 Å². The van der Waals surface area contributed by atoms with Gasteiger partial charge in [-0.2, -0.15) is 0 Å². The number of hydrogen-bond donors (Lipinski definition) is 0. The Morgan fingerprint density at radius 3 is 2.18 bits per heavy atom. The van der Waals surface area contributed by atoms with E-state index in [1.54, 1.807) is 16.7 Å². The molecule has 0 nitrogen and oxygen atoms in total. The molecule has 1 rings (SSSR count). The molecule has 0 aliphatic heterocycles. The van der Waals surface area contributed by atoms with Crippen LogP contribution in [-0.2, 0) is 0 Å². The van der Waals surface area contributed by atoms with Gasteiger partial charge in [0.05, 0.1) is 0 Å². The smallest absolute Gasteiger partial charge is 0.00169 e. The lowest BCUT2D eigenvalue weighted by atomic mass is 10.0. The third kappa shape index (κ3) is 1.40. The molecule has 0 aromatic heterocycles. The molecule has 0 saturated heterocycles. The van der Waals surface area contributed by atoms with E-state index in [1.165, 1.54) is 12.8 Å². The maximum Gasteiger partial charge on any atom is -0.00169 e. The fraction of sp³-hybridized carbons (Fsp3) is 0.636. The first-order chi connectivity index (χ1) is 5.20. The van der Waals surface area contributed by atoms with Crippen LogP contribution in [0.15, 0.2) is 22.8 Å². The zero-order valence-electron chi connectivity index (χ0n) is 8.07. The van der Waals surface area contributed by atoms with Crippen LogP contribution in [0, 0.1) is 5.92 Å². The van der Waals surface area contributed by atoms with Crippen LogP contribution in [0.2, 0.25) is 0 Å². The van der Waals surface area contributed by atoms with Gasteiger partial charge in [0.2, 0.25) is 0 Å². The minimum Gasteiger partial charge on any atom is -0.0739 e. The molecule has 0 heterocycles. The van der Waals surface area contributed by atoms with Crippen LogP contribution in [0.4, 0.5) is 0 Å². The van der Waals surface area contributed by atoms with Gasteiger partial charge >= 0.3 is 0 Å². The summed E-state index contributed by atoms with van der Waals surface area (Å²) in [5, 5.41) is 0. The molecule has 62 valence electrons. The van der Waals surface area contributed by atoms with Gasteiger partial charge in [-0.25, -0.2) is 0 Å². The van der Waals surface area contributed by atoms with E-state index in [9.17, 15) is 0 Å². The van der Waals surface area contributed by atoms with Crippen molar-refractivity contribution >= 4 is 0 Å². The Labute approximate surface area is 70.0 Å². The van der Waals surface area contributed by atoms with Crippen molar-refractivity contribution in [1.82, 2.24) is 0 Å². The van der Waals surface area contributed by atoms with E-state index in [1.807, 2.05) is 0 Å². The molecule has 1 unspecified atom stereocenters. The van der Waals surface area contributed by atoms with Crippen molar-refractivity contribution in [3.05, 3.63) is 22.8 Å². The molecule has 0 radical (unpaired) electrons. The molecular formula is C11H18. The van der Waals surface area contributed by atoms with Crippen molar-refractivity contribution in [2.45, 2.75) is 40.5 Å². The van der Waals surface area contributed by atoms with Gasteiger partial charge in [-0.1, -0.05) is 25.5 Å². The van der Waals surface area contributed by atoms with Gasteiger partial charge < -0.3 is 0 Å². The summed E-state index contributed by atoms with van der Waals surface area (Å²) in [6, 6.07) is 0. The predicted octanol–water partition coefficient (Wildman–Crippen LogP) is 3.70. The molecule has 0 aromatic carbocycles. The van der Waals surface area contributed by atoms with Gasteiger partial charge in [0.25, 0.3) is 0 Å². The van der Waals surface area contributed by atoms with Crippen molar-refractivity contribution in [3.63, 3.8) is 0 Å². The van der Waals surface area contributed by atoms with Gasteiger partial charge in [0.15, 0.2) is 0 Å². The summed E-state index contributed by atoms with van der Waals surface area (Å²) in [7, 11) is 0. The first-order valence-corrected chi connectivity index (χ1v) is 4.59. The molecule has 1 aliphatic rings. The highest BCUT2D eigenvalue weighted by molar-refractivity contribution is 5.42. The first-order valence-electron chi connectivity index (χ1n) is 4.59. The zero-order chi connectivity index (χ0) is 8.43. The van der Waals surface area contributed by atoms with E-state index >= 15 is 0 Å². The van der Waals surface area contributed by atoms with Crippen molar-refractivity contribution in [2.75, 3.05) is 0 Å². The van der Waals surface area contributed by atoms with Crippen molar-refractivity contribution in [3.8, 4) is 0 Å². The summed E-state index contributed by atoms with van der Waals surface area (Å²) in [6.07, 6.45) is 4.89. The third-order valence-corrected chi connectivity index (χ3v) is 2.85. The number of allylic oxidation sites excluding steroid dienone is 4. The lowest BCUT2D eigenvalue weighted by Gasteiger charge is -2.05. The summed E-state index contributed by atoms with van der Waals surface area (Å²) in [6.45, 7) is 9.01. The maximum atomic E-state index is 2.44. The van der Waals surface area contributed by atoms with Crippen LogP contribution in [0.1, 0.15) is 40.5 Å². The second-order valence-electron chi connectivity index (χ2n) is 3.37. The highest BCUT2D eigenvalue weighted by Crippen LogP contribution is 2.33. The lowest BCUT2D eigenvalue weighted by molar-refractivity contribution is 0.734.